The number of hydrogen-bond acceptors (Lipinski definition) is 3. The summed E-state index contributed by atoms with van der Waals surface area (Å²) in [5.74, 6) is -4.91. The second kappa shape index (κ2) is 7.41. The number of halogens is 5. The highest BCUT2D eigenvalue weighted by molar-refractivity contribution is 9.10. The van der Waals surface area contributed by atoms with E-state index in [4.69, 9.17) is 9.52 Å². The van der Waals surface area contributed by atoms with Gasteiger partial charge in [-0.1, -0.05) is 34.1 Å². The first-order valence-corrected chi connectivity index (χ1v) is 9.90. The molecule has 154 valence electrons. The van der Waals surface area contributed by atoms with Gasteiger partial charge in [0.1, 0.15) is 35.6 Å². The molecule has 4 rings (SSSR count). The van der Waals surface area contributed by atoms with Crippen molar-refractivity contribution in [3.05, 3.63) is 69.4 Å². The molecule has 8 heteroatoms. The van der Waals surface area contributed by atoms with Gasteiger partial charge in [-0.3, -0.25) is 4.90 Å². The van der Waals surface area contributed by atoms with E-state index in [1.807, 2.05) is 12.1 Å². The smallest absolute Gasteiger partial charge is 0.283 e. The first kappa shape index (κ1) is 20.4. The normalized spacial score (nSPS) is 20.2. The summed E-state index contributed by atoms with van der Waals surface area (Å²) in [5, 5.41) is 9.87. The van der Waals surface area contributed by atoms with Crippen LogP contribution in [0.25, 0.3) is 11.0 Å². The van der Waals surface area contributed by atoms with Gasteiger partial charge in [0.05, 0.1) is 6.54 Å². The fourth-order valence-electron chi connectivity index (χ4n) is 4.04. The van der Waals surface area contributed by atoms with Crippen molar-refractivity contribution in [1.82, 2.24) is 4.90 Å². The average molecular weight is 472 g/mol. The lowest BCUT2D eigenvalue weighted by Crippen LogP contribution is -2.49. The van der Waals surface area contributed by atoms with Crippen molar-refractivity contribution in [2.45, 2.75) is 31.4 Å². The molecule has 0 spiro atoms. The quantitative estimate of drug-likeness (QED) is 0.515. The molecule has 0 saturated carbocycles. The number of nitrogens with zero attached hydrogens (tertiary/aromatic N) is 1. The molecule has 0 fully saturated rings. The highest BCUT2D eigenvalue weighted by Gasteiger charge is 2.44. The predicted molar refractivity (Wildman–Crippen MR) is 104 cm³/mol. The molecule has 0 radical (unpaired) electrons. The summed E-state index contributed by atoms with van der Waals surface area (Å²) in [6, 6.07) is 7.72. The van der Waals surface area contributed by atoms with E-state index < -0.39 is 42.8 Å². The number of para-hydroxylation sites is 1. The lowest BCUT2D eigenvalue weighted by Gasteiger charge is -2.41. The van der Waals surface area contributed by atoms with E-state index in [-0.39, 0.29) is 15.8 Å². The van der Waals surface area contributed by atoms with Crippen LogP contribution < -0.4 is 0 Å². The zero-order valence-electron chi connectivity index (χ0n) is 15.4. The number of aliphatic hydroxyl groups is 1. The van der Waals surface area contributed by atoms with Crippen molar-refractivity contribution in [2.75, 3.05) is 13.2 Å². The maximum Gasteiger partial charge on any atom is 0.283 e. The fourth-order valence-corrected chi connectivity index (χ4v) is 4.44. The topological polar surface area (TPSA) is 36.6 Å². The predicted octanol–water partition coefficient (Wildman–Crippen LogP) is 5.44. The van der Waals surface area contributed by atoms with E-state index in [0.717, 1.165) is 23.1 Å². The molecule has 0 saturated heterocycles. The molecule has 0 unspecified atom stereocenters. The van der Waals surface area contributed by atoms with Gasteiger partial charge in [-0.2, -0.15) is 0 Å². The first-order valence-electron chi connectivity index (χ1n) is 9.11. The Morgan fingerprint density at radius 3 is 2.52 bits per heavy atom. The molecular formula is C21H18BrF4NO2. The molecule has 1 aliphatic rings. The third-order valence-corrected chi connectivity index (χ3v) is 5.80. The number of rotatable bonds is 4. The van der Waals surface area contributed by atoms with Crippen LogP contribution in [0.15, 0.2) is 45.3 Å². The highest BCUT2D eigenvalue weighted by atomic mass is 79.9. The Hall–Kier alpha value is -1.90. The van der Waals surface area contributed by atoms with Crippen LogP contribution in [0.2, 0.25) is 0 Å². The molecule has 2 atom stereocenters. The van der Waals surface area contributed by atoms with Gasteiger partial charge >= 0.3 is 0 Å². The Kier molecular flexibility index (Phi) is 5.21. The van der Waals surface area contributed by atoms with Crippen molar-refractivity contribution in [3.63, 3.8) is 0 Å². The van der Waals surface area contributed by atoms with Crippen molar-refractivity contribution >= 4 is 26.9 Å². The van der Waals surface area contributed by atoms with E-state index in [0.29, 0.717) is 12.0 Å². The first-order chi connectivity index (χ1) is 13.7. The third kappa shape index (κ3) is 3.58. The molecule has 1 aromatic heterocycles. The van der Waals surface area contributed by atoms with E-state index >= 15 is 0 Å². The molecule has 3 nitrogen and oxygen atoms in total. The fraction of sp³-hybridized carbons (Fsp3) is 0.333. The Morgan fingerprint density at radius 1 is 1.21 bits per heavy atom. The van der Waals surface area contributed by atoms with Gasteiger partial charge in [0.2, 0.25) is 0 Å². The van der Waals surface area contributed by atoms with Crippen LogP contribution >= 0.6 is 15.9 Å². The molecule has 29 heavy (non-hydrogen) atoms. The van der Waals surface area contributed by atoms with Gasteiger partial charge in [0, 0.05) is 27.0 Å². The summed E-state index contributed by atoms with van der Waals surface area (Å²) in [5.41, 5.74) is 0.931. The molecular weight excluding hydrogens is 454 g/mol. The van der Waals surface area contributed by atoms with Gasteiger partial charge < -0.3 is 9.52 Å². The lowest BCUT2D eigenvalue weighted by atomic mass is 9.88. The maximum atomic E-state index is 14.9. The molecule has 2 aromatic carbocycles. The van der Waals surface area contributed by atoms with Crippen LogP contribution in [0, 0.1) is 11.6 Å². The second-order valence-corrected chi connectivity index (χ2v) is 8.28. The minimum absolute atomic E-state index is 0.206. The van der Waals surface area contributed by atoms with Crippen molar-refractivity contribution in [1.29, 1.82) is 0 Å². The Bertz CT molecular complexity index is 1050. The van der Waals surface area contributed by atoms with Gasteiger partial charge in [-0.15, -0.1) is 0 Å². The van der Waals surface area contributed by atoms with Crippen LogP contribution in [0.5, 0.6) is 0 Å². The summed E-state index contributed by atoms with van der Waals surface area (Å²) >= 11 is 3.05. The monoisotopic (exact) mass is 471 g/mol. The maximum absolute atomic E-state index is 14.9. The van der Waals surface area contributed by atoms with E-state index in [1.165, 1.54) is 4.90 Å². The van der Waals surface area contributed by atoms with Crippen molar-refractivity contribution < 1.29 is 27.1 Å². The molecule has 0 amide bonds. The van der Waals surface area contributed by atoms with Crippen LogP contribution in [0.3, 0.4) is 0 Å². The number of alkyl halides is 2. The van der Waals surface area contributed by atoms with Crippen LogP contribution in [-0.2, 0) is 6.42 Å². The van der Waals surface area contributed by atoms with Gasteiger partial charge in [-0.05, 0) is 31.5 Å². The SMILES string of the molecule is C[C@@H]1Cc2c(oc3ccccc23)[C@@H](c2c(F)cc(Br)cc2F)N1CC(F)(F)CO. The molecule has 2 heterocycles. The van der Waals surface area contributed by atoms with Crippen LogP contribution in [-0.4, -0.2) is 35.1 Å². The van der Waals surface area contributed by atoms with E-state index in [2.05, 4.69) is 15.9 Å². The summed E-state index contributed by atoms with van der Waals surface area (Å²) < 4.78 is 64.2. The standard InChI is InChI=1S/C21H18BrF4NO2/c1-11-6-14-13-4-2-3-5-17(13)29-20(14)19(27(11)9-21(25,26)10-28)18-15(23)7-12(22)8-16(18)24/h2-5,7-8,11,19,28H,6,9-10H2,1H3/t11-,19-/m1/s1. The van der Waals surface area contributed by atoms with Crippen LogP contribution in [0.1, 0.15) is 29.9 Å². The number of fused-ring (bicyclic) bond motifs is 3. The summed E-state index contributed by atoms with van der Waals surface area (Å²) in [7, 11) is 0. The lowest BCUT2D eigenvalue weighted by molar-refractivity contribution is -0.0881. The molecule has 1 aliphatic heterocycles. The van der Waals surface area contributed by atoms with E-state index in [9.17, 15) is 17.6 Å². The minimum atomic E-state index is -3.43. The molecule has 0 aliphatic carbocycles. The Labute approximate surface area is 173 Å². The van der Waals surface area contributed by atoms with Crippen LogP contribution in [0.4, 0.5) is 17.6 Å². The highest BCUT2D eigenvalue weighted by Crippen LogP contribution is 2.45. The van der Waals surface area contributed by atoms with Crippen molar-refractivity contribution in [3.8, 4) is 0 Å². The van der Waals surface area contributed by atoms with Gasteiger partial charge in [0.15, 0.2) is 0 Å². The Balaban J connectivity index is 1.96. The number of furan rings is 1. The molecule has 3 aromatic rings. The summed E-state index contributed by atoms with van der Waals surface area (Å²) in [6.07, 6.45) is 0.379. The zero-order valence-corrected chi connectivity index (χ0v) is 17.0. The molecule has 1 N–H and O–H groups in total. The number of hydrogen-bond donors (Lipinski definition) is 1. The zero-order chi connectivity index (χ0) is 20.9. The largest absolute Gasteiger partial charge is 0.459 e. The number of benzene rings is 2. The third-order valence-electron chi connectivity index (χ3n) is 5.34. The van der Waals surface area contributed by atoms with Gasteiger partial charge in [0.25, 0.3) is 5.92 Å². The van der Waals surface area contributed by atoms with Gasteiger partial charge in [-0.25, -0.2) is 17.6 Å². The van der Waals surface area contributed by atoms with Crippen molar-refractivity contribution in [2.24, 2.45) is 0 Å². The average Bonchev–Trinajstić information content (AvgIpc) is 3.01. The minimum Gasteiger partial charge on any atom is -0.459 e. The Morgan fingerprint density at radius 2 is 1.86 bits per heavy atom. The number of aliphatic hydroxyl groups excluding tert-OH is 1. The summed E-state index contributed by atoms with van der Waals surface area (Å²) in [6.45, 7) is -0.498. The molecule has 0 bridgehead atoms. The summed E-state index contributed by atoms with van der Waals surface area (Å²) in [4.78, 5) is 1.30. The second-order valence-electron chi connectivity index (χ2n) is 7.37. The van der Waals surface area contributed by atoms with E-state index in [1.54, 1.807) is 19.1 Å².